The van der Waals surface area contributed by atoms with Gasteiger partial charge in [-0.1, -0.05) is 0 Å². The highest BCUT2D eigenvalue weighted by molar-refractivity contribution is 5.94. The van der Waals surface area contributed by atoms with Gasteiger partial charge in [0.15, 0.2) is 5.69 Å². The molecule has 2 aliphatic heterocycles. The molecule has 0 aromatic carbocycles. The zero-order valence-electron chi connectivity index (χ0n) is 18.9. The third kappa shape index (κ3) is 9.09. The number of carboxylic acid groups (broad SMARTS) is 2. The first-order valence-electron chi connectivity index (χ1n) is 10.5. The summed E-state index contributed by atoms with van der Waals surface area (Å²) in [4.78, 5) is 34.6. The van der Waals surface area contributed by atoms with Crippen molar-refractivity contribution in [1.29, 1.82) is 0 Å². The number of rotatable bonds is 3. The topological polar surface area (TPSA) is 149 Å². The second-order valence-electron chi connectivity index (χ2n) is 7.58. The molecule has 0 unspecified atom stereocenters. The van der Waals surface area contributed by atoms with Gasteiger partial charge in [0, 0.05) is 43.9 Å². The maximum Gasteiger partial charge on any atom is 0.490 e. The first-order valence-corrected chi connectivity index (χ1v) is 10.5. The van der Waals surface area contributed by atoms with Crippen LogP contribution in [0.5, 0.6) is 0 Å². The van der Waals surface area contributed by atoms with E-state index < -0.39 is 24.3 Å². The maximum absolute atomic E-state index is 12.7. The quantitative estimate of drug-likeness (QED) is 0.495. The van der Waals surface area contributed by atoms with Crippen molar-refractivity contribution in [3.8, 4) is 0 Å². The highest BCUT2D eigenvalue weighted by Crippen LogP contribution is 2.23. The number of alkyl halides is 6. The number of hydrogen-bond donors (Lipinski definition) is 3. The molecule has 4 heterocycles. The molecule has 2 aromatic rings. The number of fused-ring (bicyclic) bond motifs is 1. The van der Waals surface area contributed by atoms with Crippen LogP contribution in [-0.2, 0) is 33.8 Å². The van der Waals surface area contributed by atoms with Gasteiger partial charge >= 0.3 is 24.3 Å². The molecule has 2 aliphatic rings. The van der Waals surface area contributed by atoms with E-state index in [1.165, 1.54) is 0 Å². The monoisotopic (exact) mass is 544 g/mol. The molecule has 3 N–H and O–H groups in total. The number of ether oxygens (including phenoxy) is 1. The van der Waals surface area contributed by atoms with Gasteiger partial charge in [-0.2, -0.15) is 31.4 Å². The molecule has 1 amide bonds. The summed E-state index contributed by atoms with van der Waals surface area (Å²) in [5.74, 6) is -4.57. The molecule has 0 spiro atoms. The summed E-state index contributed by atoms with van der Waals surface area (Å²) < 4.78 is 74.2. The number of carbonyl (C=O) groups excluding carboxylic acids is 1. The molecule has 0 radical (unpaired) electrons. The molecule has 0 atom stereocenters. The molecule has 0 aliphatic carbocycles. The summed E-state index contributed by atoms with van der Waals surface area (Å²) in [6, 6.07) is 3.88. The maximum atomic E-state index is 12.7. The highest BCUT2D eigenvalue weighted by atomic mass is 19.4. The predicted molar refractivity (Wildman–Crippen MR) is 109 cm³/mol. The number of halogens is 6. The lowest BCUT2D eigenvalue weighted by Gasteiger charge is -2.28. The minimum Gasteiger partial charge on any atom is -0.475 e. The van der Waals surface area contributed by atoms with Gasteiger partial charge < -0.3 is 24.3 Å². The Morgan fingerprint density at radius 2 is 1.57 bits per heavy atom. The zero-order chi connectivity index (χ0) is 27.8. The number of carboxylic acids is 2. The van der Waals surface area contributed by atoms with Crippen molar-refractivity contribution in [3.63, 3.8) is 0 Å². The Hall–Kier alpha value is -3.60. The van der Waals surface area contributed by atoms with Gasteiger partial charge in [0.25, 0.3) is 5.91 Å². The Labute approximate surface area is 204 Å². The minimum atomic E-state index is -5.08. The van der Waals surface area contributed by atoms with Gasteiger partial charge in [-0.15, -0.1) is 0 Å². The minimum absolute atomic E-state index is 0.00523. The van der Waals surface area contributed by atoms with Crippen molar-refractivity contribution in [1.82, 2.24) is 20.0 Å². The van der Waals surface area contributed by atoms with Crippen molar-refractivity contribution < 1.29 is 60.1 Å². The van der Waals surface area contributed by atoms with E-state index in [1.807, 2.05) is 17.0 Å². The van der Waals surface area contributed by atoms with E-state index >= 15 is 0 Å². The van der Waals surface area contributed by atoms with Crippen LogP contribution < -0.4 is 0 Å². The lowest BCUT2D eigenvalue weighted by molar-refractivity contribution is -0.193. The van der Waals surface area contributed by atoms with Crippen molar-refractivity contribution in [2.75, 3.05) is 32.8 Å². The molecular weight excluding hydrogens is 522 g/mol. The summed E-state index contributed by atoms with van der Waals surface area (Å²) in [6.45, 7) is 4.88. The molecule has 11 nitrogen and oxygen atoms in total. The second kappa shape index (κ2) is 12.6. The average molecular weight is 544 g/mol. The normalized spacial score (nSPS) is 16.0. The standard InChI is InChI=1S/C16H20N4O3.2C2HF3O2/c21-16(20-5-8-22-9-6-20)15-13-11-19(4-3-14(13)17-18-15)10-12-2-1-7-23-12;2*3-2(4,5)1(6)7/h1-2,7H,3-6,8-11H2,(H,17,18);2*(H,6,7). The summed E-state index contributed by atoms with van der Waals surface area (Å²) in [5.41, 5.74) is 2.67. The number of H-pyrrole nitrogens is 1. The van der Waals surface area contributed by atoms with Crippen molar-refractivity contribution in [2.45, 2.75) is 31.9 Å². The largest absolute Gasteiger partial charge is 0.490 e. The van der Waals surface area contributed by atoms with Crippen LogP contribution in [0.4, 0.5) is 26.3 Å². The van der Waals surface area contributed by atoms with Crippen LogP contribution in [0.2, 0.25) is 0 Å². The Kier molecular flexibility index (Phi) is 10.1. The summed E-state index contributed by atoms with van der Waals surface area (Å²) >= 11 is 0. The Morgan fingerprint density at radius 1 is 1.00 bits per heavy atom. The van der Waals surface area contributed by atoms with Gasteiger partial charge in [0.05, 0.1) is 26.0 Å². The van der Waals surface area contributed by atoms with Crippen LogP contribution in [0.1, 0.15) is 27.5 Å². The molecule has 17 heteroatoms. The SMILES string of the molecule is O=C(O)C(F)(F)F.O=C(O)C(F)(F)F.O=C(c1n[nH]c2c1CN(Cc1ccco1)CC2)N1CCOCC1. The van der Waals surface area contributed by atoms with Crippen molar-refractivity contribution >= 4 is 17.8 Å². The molecule has 4 rings (SSSR count). The molecule has 1 saturated heterocycles. The first-order chi connectivity index (χ1) is 17.2. The lowest BCUT2D eigenvalue weighted by Crippen LogP contribution is -2.41. The number of amides is 1. The van der Waals surface area contributed by atoms with Crippen LogP contribution in [0.3, 0.4) is 0 Å². The van der Waals surface area contributed by atoms with E-state index in [-0.39, 0.29) is 5.91 Å². The molecule has 0 bridgehead atoms. The third-order valence-corrected chi connectivity index (χ3v) is 4.96. The number of aliphatic carboxylic acids is 2. The number of aromatic amines is 1. The molecule has 0 saturated carbocycles. The fraction of sp³-hybridized carbons (Fsp3) is 0.500. The van der Waals surface area contributed by atoms with Crippen LogP contribution in [-0.4, -0.2) is 93.3 Å². The number of aromatic nitrogens is 2. The van der Waals surface area contributed by atoms with Crippen molar-refractivity contribution in [3.05, 3.63) is 41.1 Å². The predicted octanol–water partition coefficient (Wildman–Crippen LogP) is 2.30. The van der Waals surface area contributed by atoms with E-state index in [1.54, 1.807) is 6.26 Å². The molecular formula is C20H22F6N4O7. The van der Waals surface area contributed by atoms with E-state index in [0.717, 1.165) is 43.1 Å². The summed E-state index contributed by atoms with van der Waals surface area (Å²) in [5, 5.41) is 21.6. The number of nitrogens with zero attached hydrogens (tertiary/aromatic N) is 3. The number of furan rings is 1. The molecule has 206 valence electrons. The van der Waals surface area contributed by atoms with E-state index in [2.05, 4.69) is 15.1 Å². The van der Waals surface area contributed by atoms with Gasteiger partial charge in [-0.05, 0) is 12.1 Å². The smallest absolute Gasteiger partial charge is 0.475 e. The third-order valence-electron chi connectivity index (χ3n) is 4.96. The number of hydrogen-bond acceptors (Lipinski definition) is 7. The highest BCUT2D eigenvalue weighted by Gasteiger charge is 2.39. The van der Waals surface area contributed by atoms with Crippen LogP contribution in [0.25, 0.3) is 0 Å². The van der Waals surface area contributed by atoms with Gasteiger partial charge in [-0.25, -0.2) is 9.59 Å². The van der Waals surface area contributed by atoms with E-state index in [4.69, 9.17) is 29.0 Å². The average Bonchev–Trinajstić information content (AvgIpc) is 3.48. The van der Waals surface area contributed by atoms with E-state index in [0.29, 0.717) is 32.0 Å². The lowest BCUT2D eigenvalue weighted by atomic mass is 10.0. The Balaban J connectivity index is 0.000000286. The van der Waals surface area contributed by atoms with Gasteiger partial charge in [-0.3, -0.25) is 14.8 Å². The number of morpholine rings is 1. The fourth-order valence-corrected chi connectivity index (χ4v) is 3.20. The van der Waals surface area contributed by atoms with Crippen LogP contribution >= 0.6 is 0 Å². The van der Waals surface area contributed by atoms with Crippen molar-refractivity contribution in [2.24, 2.45) is 0 Å². The molecule has 2 aromatic heterocycles. The summed E-state index contributed by atoms with van der Waals surface area (Å²) in [7, 11) is 0. The number of nitrogens with one attached hydrogen (secondary N) is 1. The Morgan fingerprint density at radius 3 is 2.05 bits per heavy atom. The number of carbonyl (C=O) groups is 3. The van der Waals surface area contributed by atoms with E-state index in [9.17, 15) is 31.1 Å². The fourth-order valence-electron chi connectivity index (χ4n) is 3.20. The molecule has 1 fully saturated rings. The van der Waals surface area contributed by atoms with Crippen LogP contribution in [0, 0.1) is 0 Å². The van der Waals surface area contributed by atoms with Gasteiger partial charge in [0.2, 0.25) is 0 Å². The summed E-state index contributed by atoms with van der Waals surface area (Å²) in [6.07, 6.45) is -7.60. The molecule has 37 heavy (non-hydrogen) atoms. The second-order valence-corrected chi connectivity index (χ2v) is 7.58. The Bertz CT molecular complexity index is 1020. The zero-order valence-corrected chi connectivity index (χ0v) is 18.9. The van der Waals surface area contributed by atoms with Crippen LogP contribution in [0.15, 0.2) is 22.8 Å². The first kappa shape index (κ1) is 29.6. The van der Waals surface area contributed by atoms with Gasteiger partial charge in [0.1, 0.15) is 5.76 Å².